The van der Waals surface area contributed by atoms with E-state index in [0.29, 0.717) is 34.7 Å². The number of ketones is 1. The van der Waals surface area contributed by atoms with Crippen LogP contribution in [0.2, 0.25) is 0 Å². The van der Waals surface area contributed by atoms with Gasteiger partial charge in [-0.25, -0.2) is 4.79 Å². The van der Waals surface area contributed by atoms with Crippen molar-refractivity contribution in [2.75, 3.05) is 13.2 Å². The van der Waals surface area contributed by atoms with Crippen LogP contribution in [0.3, 0.4) is 0 Å². The number of aromatic amines is 1. The number of carbonyl (C=O) groups excluding carboxylic acids is 2. The number of aromatic nitrogens is 1. The molecule has 2 aromatic rings. The Morgan fingerprint density at radius 1 is 1.20 bits per heavy atom. The van der Waals surface area contributed by atoms with E-state index in [2.05, 4.69) is 4.98 Å². The molecule has 1 aromatic heterocycles. The first-order valence-corrected chi connectivity index (χ1v) is 8.15. The molecule has 0 aliphatic carbocycles. The van der Waals surface area contributed by atoms with Crippen molar-refractivity contribution in [3.05, 3.63) is 52.3 Å². The number of rotatable bonds is 7. The van der Waals surface area contributed by atoms with Gasteiger partial charge in [-0.3, -0.25) is 4.79 Å². The van der Waals surface area contributed by atoms with Crippen LogP contribution in [0, 0.1) is 13.8 Å². The third-order valence-corrected chi connectivity index (χ3v) is 3.94. The lowest BCUT2D eigenvalue weighted by Crippen LogP contribution is -2.15. The van der Waals surface area contributed by atoms with Crippen LogP contribution in [0.5, 0.6) is 5.75 Å². The van der Waals surface area contributed by atoms with Crippen molar-refractivity contribution in [3.63, 3.8) is 0 Å². The minimum absolute atomic E-state index is 0.257. The molecule has 1 heterocycles. The molecule has 0 bridgehead atoms. The second-order valence-corrected chi connectivity index (χ2v) is 5.80. The first-order valence-electron chi connectivity index (χ1n) is 8.15. The number of carbonyl (C=O) groups is 2. The van der Waals surface area contributed by atoms with E-state index in [9.17, 15) is 14.7 Å². The summed E-state index contributed by atoms with van der Waals surface area (Å²) < 4.78 is 10.4. The fraction of sp³-hybridized carbons (Fsp3) is 0.368. The third-order valence-electron chi connectivity index (χ3n) is 3.94. The minimum Gasteiger partial charge on any atom is -0.494 e. The van der Waals surface area contributed by atoms with E-state index in [1.807, 2.05) is 6.92 Å². The largest absolute Gasteiger partial charge is 0.494 e. The molecule has 0 fully saturated rings. The molecular weight excluding hydrogens is 322 g/mol. The first-order chi connectivity index (χ1) is 11.8. The molecule has 2 rings (SSSR count). The summed E-state index contributed by atoms with van der Waals surface area (Å²) in [6.07, 6.45) is -0.691. The molecular formula is C19H23NO5. The summed E-state index contributed by atoms with van der Waals surface area (Å²) in [5, 5.41) is 9.77. The molecule has 0 spiro atoms. The van der Waals surface area contributed by atoms with Gasteiger partial charge in [-0.15, -0.1) is 0 Å². The zero-order valence-corrected chi connectivity index (χ0v) is 14.9. The fourth-order valence-electron chi connectivity index (χ4n) is 2.79. The topological polar surface area (TPSA) is 88.6 Å². The molecule has 25 heavy (non-hydrogen) atoms. The van der Waals surface area contributed by atoms with Gasteiger partial charge in [0.2, 0.25) is 0 Å². The molecule has 6 heteroatoms. The number of hydrogen-bond acceptors (Lipinski definition) is 5. The predicted octanol–water partition coefficient (Wildman–Crippen LogP) is 3.12. The minimum atomic E-state index is -0.691. The van der Waals surface area contributed by atoms with Gasteiger partial charge in [-0.1, -0.05) is 0 Å². The van der Waals surface area contributed by atoms with Gasteiger partial charge in [0.15, 0.2) is 12.4 Å². The van der Waals surface area contributed by atoms with Crippen LogP contribution in [0.4, 0.5) is 0 Å². The number of nitrogens with one attached hydrogen (secondary N) is 1. The van der Waals surface area contributed by atoms with Gasteiger partial charge in [0, 0.05) is 16.8 Å². The van der Waals surface area contributed by atoms with Crippen molar-refractivity contribution < 1.29 is 24.2 Å². The monoisotopic (exact) mass is 345 g/mol. The Bertz CT molecular complexity index is 759. The Morgan fingerprint density at radius 3 is 2.36 bits per heavy atom. The smallest absolute Gasteiger partial charge is 0.355 e. The summed E-state index contributed by atoms with van der Waals surface area (Å²) in [6.45, 7) is 7.22. The second kappa shape index (κ2) is 7.98. The van der Waals surface area contributed by atoms with Gasteiger partial charge in [0.25, 0.3) is 0 Å². The van der Waals surface area contributed by atoms with E-state index in [1.54, 1.807) is 45.0 Å². The van der Waals surface area contributed by atoms with Crippen LogP contribution in [-0.2, 0) is 4.74 Å². The molecule has 0 aliphatic heterocycles. The molecule has 1 aromatic carbocycles. The summed E-state index contributed by atoms with van der Waals surface area (Å²) in [6, 6.07) is 6.67. The van der Waals surface area contributed by atoms with Crippen molar-refractivity contribution in [2.24, 2.45) is 0 Å². The van der Waals surface area contributed by atoms with Gasteiger partial charge < -0.3 is 19.6 Å². The highest BCUT2D eigenvalue weighted by Gasteiger charge is 2.21. The average molecular weight is 345 g/mol. The van der Waals surface area contributed by atoms with Crippen LogP contribution in [0.15, 0.2) is 24.3 Å². The third kappa shape index (κ3) is 4.28. The van der Waals surface area contributed by atoms with Crippen LogP contribution >= 0.6 is 0 Å². The number of ether oxygens (including phenoxy) is 2. The van der Waals surface area contributed by atoms with Crippen molar-refractivity contribution in [1.29, 1.82) is 0 Å². The Kier molecular flexibility index (Phi) is 5.98. The average Bonchev–Trinajstić information content (AvgIpc) is 2.88. The first kappa shape index (κ1) is 18.7. The highest BCUT2D eigenvalue weighted by atomic mass is 16.5. The summed E-state index contributed by atoms with van der Waals surface area (Å²) in [7, 11) is 0. The van der Waals surface area contributed by atoms with Crippen molar-refractivity contribution in [1.82, 2.24) is 4.98 Å². The fourth-order valence-corrected chi connectivity index (χ4v) is 2.79. The maximum Gasteiger partial charge on any atom is 0.355 e. The maximum atomic E-state index is 12.2. The van der Waals surface area contributed by atoms with Gasteiger partial charge in [-0.2, -0.15) is 0 Å². The normalized spacial score (nSPS) is 11.9. The lowest BCUT2D eigenvalue weighted by Gasteiger charge is -2.07. The van der Waals surface area contributed by atoms with E-state index in [4.69, 9.17) is 9.47 Å². The van der Waals surface area contributed by atoms with Crippen LogP contribution in [0.1, 0.15) is 57.6 Å². The number of aryl methyl sites for hydroxylation is 1. The Hall–Kier alpha value is -2.60. The Morgan fingerprint density at radius 2 is 1.84 bits per heavy atom. The van der Waals surface area contributed by atoms with Gasteiger partial charge in [-0.05, 0) is 57.5 Å². The lowest BCUT2D eigenvalue weighted by atomic mass is 10.1. The van der Waals surface area contributed by atoms with Crippen molar-refractivity contribution in [3.8, 4) is 5.75 Å². The SMILES string of the molecule is CCOc1ccc(C(=O)COC(=O)c2[nH]c(C)c([C@@H](C)O)c2C)cc1. The molecule has 0 saturated heterocycles. The van der Waals surface area contributed by atoms with Crippen molar-refractivity contribution in [2.45, 2.75) is 33.8 Å². The standard InChI is InChI=1S/C19H23NO5/c1-5-24-15-8-6-14(7-9-15)16(22)10-25-19(23)18-11(2)17(13(4)21)12(3)20-18/h6-9,13,20-21H,5,10H2,1-4H3/t13-/m1/s1. The van der Waals surface area contributed by atoms with E-state index >= 15 is 0 Å². The molecule has 134 valence electrons. The Labute approximate surface area is 146 Å². The predicted molar refractivity (Wildman–Crippen MR) is 93.1 cm³/mol. The second-order valence-electron chi connectivity index (χ2n) is 5.80. The van der Waals surface area contributed by atoms with E-state index < -0.39 is 12.1 Å². The molecule has 6 nitrogen and oxygen atoms in total. The number of Topliss-reactive ketones (excluding diaryl/α,β-unsaturated/α-hetero) is 1. The van der Waals surface area contributed by atoms with Crippen LogP contribution < -0.4 is 4.74 Å². The molecule has 0 amide bonds. The molecule has 0 aliphatic rings. The summed E-state index contributed by atoms with van der Waals surface area (Å²) in [5.41, 5.74) is 2.71. The quantitative estimate of drug-likeness (QED) is 0.594. The van der Waals surface area contributed by atoms with Gasteiger partial charge in [0.1, 0.15) is 11.4 Å². The molecule has 0 unspecified atom stereocenters. The van der Waals surface area contributed by atoms with E-state index in [1.165, 1.54) is 0 Å². The van der Waals surface area contributed by atoms with Crippen LogP contribution in [-0.4, -0.2) is 35.1 Å². The number of aliphatic hydroxyl groups excluding tert-OH is 1. The number of hydrogen-bond donors (Lipinski definition) is 2. The molecule has 0 radical (unpaired) electrons. The van der Waals surface area contributed by atoms with Crippen molar-refractivity contribution >= 4 is 11.8 Å². The van der Waals surface area contributed by atoms with E-state index in [0.717, 1.165) is 0 Å². The number of esters is 1. The molecule has 2 N–H and O–H groups in total. The van der Waals surface area contributed by atoms with Gasteiger partial charge in [0.05, 0.1) is 12.7 Å². The highest BCUT2D eigenvalue weighted by molar-refractivity contribution is 5.99. The lowest BCUT2D eigenvalue weighted by molar-refractivity contribution is 0.0468. The van der Waals surface area contributed by atoms with Gasteiger partial charge >= 0.3 is 5.97 Å². The van der Waals surface area contributed by atoms with Crippen LogP contribution in [0.25, 0.3) is 0 Å². The zero-order chi connectivity index (χ0) is 18.6. The van der Waals surface area contributed by atoms with E-state index in [-0.39, 0.29) is 18.1 Å². The highest BCUT2D eigenvalue weighted by Crippen LogP contribution is 2.24. The molecule has 1 atom stereocenters. The maximum absolute atomic E-state index is 12.2. The summed E-state index contributed by atoms with van der Waals surface area (Å²) in [4.78, 5) is 27.3. The zero-order valence-electron chi connectivity index (χ0n) is 14.9. The number of H-pyrrole nitrogens is 1. The number of benzene rings is 1. The number of aliphatic hydroxyl groups is 1. The summed E-state index contributed by atoms with van der Waals surface area (Å²) >= 11 is 0. The molecule has 0 saturated carbocycles. The summed E-state index contributed by atoms with van der Waals surface area (Å²) in [5.74, 6) is -0.237. The Balaban J connectivity index is 2.02.